The summed E-state index contributed by atoms with van der Waals surface area (Å²) in [4.78, 5) is 18.5. The summed E-state index contributed by atoms with van der Waals surface area (Å²) < 4.78 is 1.58. The first-order valence-electron chi connectivity index (χ1n) is 7.73. The molecule has 23 heavy (non-hydrogen) atoms. The van der Waals surface area contributed by atoms with Crippen molar-refractivity contribution >= 4 is 5.91 Å². The summed E-state index contributed by atoms with van der Waals surface area (Å²) in [7, 11) is 0. The predicted octanol–water partition coefficient (Wildman–Crippen LogP) is 0.473. The van der Waals surface area contributed by atoms with E-state index >= 15 is 0 Å². The van der Waals surface area contributed by atoms with Crippen molar-refractivity contribution < 1.29 is 15.0 Å². The van der Waals surface area contributed by atoms with Gasteiger partial charge in [-0.15, -0.1) is 0 Å². The summed E-state index contributed by atoms with van der Waals surface area (Å²) in [5.74, 6) is 0.00245. The van der Waals surface area contributed by atoms with Gasteiger partial charge in [0.1, 0.15) is 12.7 Å². The van der Waals surface area contributed by atoms with E-state index in [1.165, 1.54) is 6.33 Å². The van der Waals surface area contributed by atoms with E-state index < -0.39 is 6.10 Å². The van der Waals surface area contributed by atoms with E-state index in [9.17, 15) is 9.90 Å². The maximum atomic E-state index is 12.8. The van der Waals surface area contributed by atoms with Crippen LogP contribution in [-0.4, -0.2) is 61.6 Å². The second-order valence-corrected chi connectivity index (χ2v) is 5.74. The third-order valence-corrected chi connectivity index (χ3v) is 4.36. The largest absolute Gasteiger partial charge is 0.394 e. The molecule has 2 heterocycles. The SMILES string of the molecule is O=C(c1ccccc1-n1cncn1)N1CCC(C(O)CO)CC1. The first-order chi connectivity index (χ1) is 11.2. The Balaban J connectivity index is 1.75. The van der Waals surface area contributed by atoms with Crippen molar-refractivity contribution in [1.82, 2.24) is 19.7 Å². The van der Waals surface area contributed by atoms with Crippen molar-refractivity contribution in [3.63, 3.8) is 0 Å². The molecule has 1 aliphatic heterocycles. The molecule has 1 unspecified atom stereocenters. The van der Waals surface area contributed by atoms with Gasteiger partial charge in [0.2, 0.25) is 0 Å². The zero-order chi connectivity index (χ0) is 16.2. The molecule has 1 aromatic carbocycles. The minimum absolute atomic E-state index is 0.0481. The zero-order valence-corrected chi connectivity index (χ0v) is 12.7. The molecule has 1 fully saturated rings. The third-order valence-electron chi connectivity index (χ3n) is 4.36. The number of aliphatic hydroxyl groups is 2. The van der Waals surface area contributed by atoms with Gasteiger partial charge in [-0.1, -0.05) is 12.1 Å². The van der Waals surface area contributed by atoms with Gasteiger partial charge >= 0.3 is 0 Å². The molecule has 0 radical (unpaired) electrons. The van der Waals surface area contributed by atoms with Crippen LogP contribution in [0.5, 0.6) is 0 Å². The Morgan fingerprint density at radius 2 is 2.04 bits per heavy atom. The quantitative estimate of drug-likeness (QED) is 0.856. The van der Waals surface area contributed by atoms with Crippen molar-refractivity contribution in [3.05, 3.63) is 42.5 Å². The lowest BCUT2D eigenvalue weighted by Crippen LogP contribution is -2.42. The molecular formula is C16H20N4O3. The molecular weight excluding hydrogens is 296 g/mol. The van der Waals surface area contributed by atoms with E-state index in [0.717, 1.165) is 0 Å². The highest BCUT2D eigenvalue weighted by atomic mass is 16.3. The third kappa shape index (κ3) is 3.25. The summed E-state index contributed by atoms with van der Waals surface area (Å²) >= 11 is 0. The van der Waals surface area contributed by atoms with Crippen LogP contribution in [0.25, 0.3) is 5.69 Å². The zero-order valence-electron chi connectivity index (χ0n) is 12.7. The number of aromatic nitrogens is 3. The molecule has 122 valence electrons. The normalized spacial score (nSPS) is 17.2. The average molecular weight is 316 g/mol. The average Bonchev–Trinajstić information content (AvgIpc) is 3.15. The number of carbonyl (C=O) groups is 1. The monoisotopic (exact) mass is 316 g/mol. The number of likely N-dealkylation sites (tertiary alicyclic amines) is 1. The number of aliphatic hydroxyl groups excluding tert-OH is 2. The highest BCUT2D eigenvalue weighted by molar-refractivity contribution is 5.97. The molecule has 7 nitrogen and oxygen atoms in total. The van der Waals surface area contributed by atoms with E-state index in [-0.39, 0.29) is 18.4 Å². The van der Waals surface area contributed by atoms with Crippen LogP contribution in [0.3, 0.4) is 0 Å². The maximum Gasteiger partial charge on any atom is 0.256 e. The second kappa shape index (κ2) is 6.89. The lowest BCUT2D eigenvalue weighted by molar-refractivity contribution is 0.0179. The van der Waals surface area contributed by atoms with Crippen LogP contribution in [0.2, 0.25) is 0 Å². The van der Waals surface area contributed by atoms with E-state index in [1.807, 2.05) is 18.2 Å². The Morgan fingerprint density at radius 3 is 2.70 bits per heavy atom. The Bertz CT molecular complexity index is 651. The van der Waals surface area contributed by atoms with Gasteiger partial charge in [-0.05, 0) is 30.9 Å². The summed E-state index contributed by atoms with van der Waals surface area (Å²) in [5, 5.41) is 22.9. The van der Waals surface area contributed by atoms with E-state index in [0.29, 0.717) is 37.2 Å². The number of amides is 1. The molecule has 0 bridgehead atoms. The molecule has 1 aromatic heterocycles. The summed E-state index contributed by atoms with van der Waals surface area (Å²) in [6.07, 6.45) is 3.69. The first-order valence-corrected chi connectivity index (χ1v) is 7.73. The Kier molecular flexibility index (Phi) is 4.68. The number of para-hydroxylation sites is 1. The minimum Gasteiger partial charge on any atom is -0.394 e. The van der Waals surface area contributed by atoms with Crippen LogP contribution in [0.1, 0.15) is 23.2 Å². The minimum atomic E-state index is -0.699. The fraction of sp³-hybridized carbons (Fsp3) is 0.438. The predicted molar refractivity (Wildman–Crippen MR) is 83.1 cm³/mol. The highest BCUT2D eigenvalue weighted by Gasteiger charge is 2.28. The van der Waals surface area contributed by atoms with Gasteiger partial charge in [0.25, 0.3) is 5.91 Å². The van der Waals surface area contributed by atoms with E-state index in [2.05, 4.69) is 10.1 Å². The number of nitrogens with zero attached hydrogens (tertiary/aromatic N) is 4. The molecule has 3 rings (SSSR count). The van der Waals surface area contributed by atoms with Crippen LogP contribution < -0.4 is 0 Å². The smallest absolute Gasteiger partial charge is 0.256 e. The van der Waals surface area contributed by atoms with Gasteiger partial charge in [-0.3, -0.25) is 4.79 Å². The fourth-order valence-electron chi connectivity index (χ4n) is 2.99. The topological polar surface area (TPSA) is 91.5 Å². The van der Waals surface area contributed by atoms with Gasteiger partial charge in [-0.25, -0.2) is 9.67 Å². The van der Waals surface area contributed by atoms with Crippen molar-refractivity contribution in [2.24, 2.45) is 5.92 Å². The highest BCUT2D eigenvalue weighted by Crippen LogP contribution is 2.23. The van der Waals surface area contributed by atoms with E-state index in [1.54, 1.807) is 22.0 Å². The number of piperidine rings is 1. The van der Waals surface area contributed by atoms with Gasteiger partial charge in [0.15, 0.2) is 0 Å². The van der Waals surface area contributed by atoms with Gasteiger partial charge in [-0.2, -0.15) is 5.10 Å². The molecule has 2 N–H and O–H groups in total. The molecule has 0 aliphatic carbocycles. The van der Waals surface area contributed by atoms with Gasteiger partial charge in [0, 0.05) is 13.1 Å². The molecule has 1 aliphatic rings. The maximum absolute atomic E-state index is 12.8. The van der Waals surface area contributed by atoms with Crippen LogP contribution in [-0.2, 0) is 0 Å². The number of hydrogen-bond acceptors (Lipinski definition) is 5. The number of carbonyl (C=O) groups excluding carboxylic acids is 1. The van der Waals surface area contributed by atoms with Crippen molar-refractivity contribution in [1.29, 1.82) is 0 Å². The number of rotatable bonds is 4. The van der Waals surface area contributed by atoms with Gasteiger partial charge < -0.3 is 15.1 Å². The molecule has 1 atom stereocenters. The van der Waals surface area contributed by atoms with E-state index in [4.69, 9.17) is 5.11 Å². The van der Waals surface area contributed by atoms with Crippen molar-refractivity contribution in [2.45, 2.75) is 18.9 Å². The lowest BCUT2D eigenvalue weighted by Gasteiger charge is -2.34. The molecule has 0 spiro atoms. The molecule has 0 saturated carbocycles. The Labute approximate surface area is 134 Å². The van der Waals surface area contributed by atoms with Crippen LogP contribution in [0, 0.1) is 5.92 Å². The Morgan fingerprint density at radius 1 is 1.30 bits per heavy atom. The molecule has 1 amide bonds. The lowest BCUT2D eigenvalue weighted by atomic mass is 9.91. The molecule has 1 saturated heterocycles. The van der Waals surface area contributed by atoms with Crippen LogP contribution >= 0.6 is 0 Å². The number of hydrogen-bond donors (Lipinski definition) is 2. The van der Waals surface area contributed by atoms with Crippen molar-refractivity contribution in [2.75, 3.05) is 19.7 Å². The Hall–Kier alpha value is -2.25. The van der Waals surface area contributed by atoms with Gasteiger partial charge in [0.05, 0.1) is 24.0 Å². The second-order valence-electron chi connectivity index (χ2n) is 5.74. The number of benzene rings is 1. The standard InChI is InChI=1S/C16H20N4O3/c21-9-15(22)12-5-7-19(8-6-12)16(23)13-3-1-2-4-14(13)20-11-17-10-18-20/h1-4,10-12,15,21-22H,5-9H2. The summed E-state index contributed by atoms with van der Waals surface area (Å²) in [6.45, 7) is 0.923. The summed E-state index contributed by atoms with van der Waals surface area (Å²) in [5.41, 5.74) is 1.28. The van der Waals surface area contributed by atoms with Crippen LogP contribution in [0.15, 0.2) is 36.9 Å². The van der Waals surface area contributed by atoms with Crippen molar-refractivity contribution in [3.8, 4) is 5.69 Å². The molecule has 2 aromatic rings. The summed E-state index contributed by atoms with van der Waals surface area (Å²) in [6, 6.07) is 7.31. The first kappa shape index (κ1) is 15.6. The fourth-order valence-corrected chi connectivity index (χ4v) is 2.99. The van der Waals surface area contributed by atoms with Crippen LogP contribution in [0.4, 0.5) is 0 Å². The molecule has 7 heteroatoms.